The summed E-state index contributed by atoms with van der Waals surface area (Å²) in [4.78, 5) is 0. The van der Waals surface area contributed by atoms with Crippen LogP contribution >= 0.6 is 22.9 Å². The first-order chi connectivity index (χ1) is 5.70. The first kappa shape index (κ1) is 10.6. The van der Waals surface area contributed by atoms with Gasteiger partial charge in [-0.15, -0.1) is 0 Å². The average Bonchev–Trinajstić information content (AvgIpc) is 2.05. The molecule has 0 heterocycles. The van der Waals surface area contributed by atoms with Crippen LogP contribution in [0.2, 0.25) is 0 Å². The normalized spacial score (nSPS) is 20.8. The maximum atomic E-state index is 12.0. The maximum absolute atomic E-state index is 12.0. The Labute approximate surface area is 86.0 Å². The van der Waals surface area contributed by atoms with Gasteiger partial charge in [-0.05, 0) is 12.8 Å². The highest BCUT2D eigenvalue weighted by atomic mass is 127. The highest BCUT2D eigenvalue weighted by molar-refractivity contribution is 14.1. The van der Waals surface area contributed by atoms with Crippen LogP contribution < -0.4 is 0 Å². The van der Waals surface area contributed by atoms with Crippen molar-refractivity contribution >= 4 is 22.9 Å². The molecule has 0 aromatic carbocycles. The van der Waals surface area contributed by atoms with Crippen LogP contribution in [0.4, 0.5) is 8.78 Å². The van der Waals surface area contributed by atoms with Gasteiger partial charge in [0.2, 0.25) is 0 Å². The number of alkyl halides is 2. The summed E-state index contributed by atoms with van der Waals surface area (Å²) in [7, 11) is 0. The smallest absolute Gasteiger partial charge is 0.239 e. The first-order valence-corrected chi connectivity index (χ1v) is 5.37. The van der Waals surface area contributed by atoms with Gasteiger partial charge in [-0.2, -0.15) is 0 Å². The van der Waals surface area contributed by atoms with E-state index in [2.05, 4.69) is 0 Å². The lowest BCUT2D eigenvalue weighted by atomic mass is 9.95. The van der Waals surface area contributed by atoms with Crippen molar-refractivity contribution in [1.29, 1.82) is 0 Å². The monoisotopic (exact) mass is 289 g/mol. The molecule has 0 aliphatic heterocycles. The van der Waals surface area contributed by atoms with Crippen LogP contribution in [-0.2, 0) is 0 Å². The fourth-order valence-corrected chi connectivity index (χ4v) is 2.50. The van der Waals surface area contributed by atoms with E-state index in [0.717, 1.165) is 12.8 Å². The Bertz CT molecular complexity index is 126. The molecule has 0 spiro atoms. The molecule has 12 heavy (non-hydrogen) atoms. The summed E-state index contributed by atoms with van der Waals surface area (Å²) in [6.07, 6.45) is 3.67. The molecule has 4 heteroatoms. The molecule has 0 amide bonds. The fourth-order valence-electron chi connectivity index (χ4n) is 1.64. The first-order valence-electron chi connectivity index (χ1n) is 4.40. The number of nitrogens with zero attached hydrogens (tertiary/aromatic N) is 1. The van der Waals surface area contributed by atoms with Gasteiger partial charge < -0.3 is 0 Å². The van der Waals surface area contributed by atoms with Crippen LogP contribution in [0.3, 0.4) is 0 Å². The highest BCUT2D eigenvalue weighted by Gasteiger charge is 2.21. The molecule has 0 N–H and O–H groups in total. The van der Waals surface area contributed by atoms with Crippen LogP contribution in [-0.4, -0.2) is 22.1 Å². The molecule has 0 unspecified atom stereocenters. The molecule has 0 radical (unpaired) electrons. The molecule has 0 saturated heterocycles. The lowest BCUT2D eigenvalue weighted by Gasteiger charge is -2.28. The molecule has 0 bridgehead atoms. The summed E-state index contributed by atoms with van der Waals surface area (Å²) in [6.45, 7) is -0.0781. The van der Waals surface area contributed by atoms with E-state index in [1.54, 1.807) is 3.11 Å². The van der Waals surface area contributed by atoms with E-state index in [-0.39, 0.29) is 6.54 Å². The predicted molar refractivity (Wildman–Crippen MR) is 53.6 cm³/mol. The summed E-state index contributed by atoms with van der Waals surface area (Å²) < 4.78 is 25.8. The third kappa shape index (κ3) is 3.51. The Morgan fingerprint density at radius 1 is 1.25 bits per heavy atom. The lowest BCUT2D eigenvalue weighted by Crippen LogP contribution is -2.32. The van der Waals surface area contributed by atoms with E-state index in [4.69, 9.17) is 0 Å². The number of hydrogen-bond donors (Lipinski definition) is 0. The minimum atomic E-state index is -2.19. The van der Waals surface area contributed by atoms with Crippen LogP contribution in [0, 0.1) is 0 Å². The van der Waals surface area contributed by atoms with Crippen LogP contribution in [0.25, 0.3) is 0 Å². The van der Waals surface area contributed by atoms with Gasteiger partial charge >= 0.3 is 0 Å². The average molecular weight is 289 g/mol. The molecule has 1 saturated carbocycles. The molecule has 1 aliphatic carbocycles. The lowest BCUT2D eigenvalue weighted by molar-refractivity contribution is 0.111. The summed E-state index contributed by atoms with van der Waals surface area (Å²) in [5.74, 6) is 0. The second-order valence-corrected chi connectivity index (χ2v) is 4.50. The van der Waals surface area contributed by atoms with E-state index in [1.165, 1.54) is 19.3 Å². The van der Waals surface area contributed by atoms with Gasteiger partial charge in [-0.3, -0.25) is 0 Å². The van der Waals surface area contributed by atoms with Gasteiger partial charge in [0.1, 0.15) is 0 Å². The van der Waals surface area contributed by atoms with Gasteiger partial charge in [0.25, 0.3) is 6.43 Å². The van der Waals surface area contributed by atoms with Gasteiger partial charge in [0, 0.05) is 28.9 Å². The molecular weight excluding hydrogens is 275 g/mol. The van der Waals surface area contributed by atoms with Crippen LogP contribution in [0.15, 0.2) is 0 Å². The van der Waals surface area contributed by atoms with E-state index in [9.17, 15) is 8.78 Å². The van der Waals surface area contributed by atoms with Crippen molar-refractivity contribution in [3.8, 4) is 0 Å². The zero-order chi connectivity index (χ0) is 8.97. The van der Waals surface area contributed by atoms with E-state index in [0.29, 0.717) is 6.04 Å². The topological polar surface area (TPSA) is 3.24 Å². The molecule has 1 nitrogen and oxygen atoms in total. The number of hydrogen-bond acceptors (Lipinski definition) is 1. The van der Waals surface area contributed by atoms with Gasteiger partial charge in [-0.25, -0.2) is 11.9 Å². The fraction of sp³-hybridized carbons (Fsp3) is 1.00. The Morgan fingerprint density at radius 2 is 1.83 bits per heavy atom. The van der Waals surface area contributed by atoms with Crippen LogP contribution in [0.1, 0.15) is 32.1 Å². The van der Waals surface area contributed by atoms with Gasteiger partial charge in [0.15, 0.2) is 0 Å². The van der Waals surface area contributed by atoms with Crippen molar-refractivity contribution in [3.05, 3.63) is 0 Å². The quantitative estimate of drug-likeness (QED) is 0.569. The van der Waals surface area contributed by atoms with Crippen molar-refractivity contribution < 1.29 is 8.78 Å². The Kier molecular flexibility index (Phi) is 4.71. The molecule has 1 rings (SSSR count). The SMILES string of the molecule is FC(F)CN(I)C1CCCCC1. The molecule has 1 aliphatic rings. The Balaban J connectivity index is 2.24. The Morgan fingerprint density at radius 3 is 2.33 bits per heavy atom. The third-order valence-electron chi connectivity index (χ3n) is 2.28. The van der Waals surface area contributed by atoms with Crippen molar-refractivity contribution in [2.45, 2.75) is 44.6 Å². The summed E-state index contributed by atoms with van der Waals surface area (Å²) >= 11 is 2.03. The minimum Gasteiger partial charge on any atom is -0.239 e. The molecule has 0 aromatic rings. The Hall–Kier alpha value is 0.550. The summed E-state index contributed by atoms with van der Waals surface area (Å²) in [6, 6.07) is 0.397. The minimum absolute atomic E-state index is 0.0781. The second kappa shape index (κ2) is 5.32. The third-order valence-corrected chi connectivity index (χ3v) is 3.47. The van der Waals surface area contributed by atoms with Gasteiger partial charge in [-0.1, -0.05) is 19.3 Å². The molecular formula is C8H14F2IN. The number of halogens is 3. The summed E-state index contributed by atoms with van der Waals surface area (Å²) in [5, 5.41) is 0. The molecule has 72 valence electrons. The second-order valence-electron chi connectivity index (χ2n) is 3.27. The standard InChI is InChI=1S/C8H14F2IN/c9-8(10)6-12(11)7-4-2-1-3-5-7/h7-8H,1-6H2. The predicted octanol–water partition coefficient (Wildman–Crippen LogP) is 3.24. The number of rotatable bonds is 3. The summed E-state index contributed by atoms with van der Waals surface area (Å²) in [5.41, 5.74) is 0. The van der Waals surface area contributed by atoms with E-state index >= 15 is 0 Å². The molecule has 0 aromatic heterocycles. The van der Waals surface area contributed by atoms with E-state index < -0.39 is 6.43 Å². The highest BCUT2D eigenvalue weighted by Crippen LogP contribution is 2.25. The zero-order valence-corrected chi connectivity index (χ0v) is 9.14. The largest absolute Gasteiger partial charge is 0.251 e. The van der Waals surface area contributed by atoms with Crippen molar-refractivity contribution in [1.82, 2.24) is 3.11 Å². The zero-order valence-electron chi connectivity index (χ0n) is 6.98. The van der Waals surface area contributed by atoms with Crippen LogP contribution in [0.5, 0.6) is 0 Å². The maximum Gasteiger partial charge on any atom is 0.251 e. The molecule has 0 atom stereocenters. The van der Waals surface area contributed by atoms with Crippen molar-refractivity contribution in [3.63, 3.8) is 0 Å². The molecule has 1 fully saturated rings. The van der Waals surface area contributed by atoms with Crippen molar-refractivity contribution in [2.75, 3.05) is 6.54 Å². The van der Waals surface area contributed by atoms with Gasteiger partial charge in [0.05, 0.1) is 6.54 Å². The van der Waals surface area contributed by atoms with Crippen molar-refractivity contribution in [2.24, 2.45) is 0 Å². The van der Waals surface area contributed by atoms with E-state index in [1.807, 2.05) is 22.9 Å².